The van der Waals surface area contributed by atoms with Gasteiger partial charge in [0.1, 0.15) is 5.69 Å². The number of nitrogens with zero attached hydrogens (tertiary/aromatic N) is 1. The minimum atomic E-state index is -0.257. The number of hydrogen-bond acceptors (Lipinski definition) is 2. The zero-order valence-electron chi connectivity index (χ0n) is 13.1. The Kier molecular flexibility index (Phi) is 5.98. The molecule has 0 atom stereocenters. The molecule has 22 heavy (non-hydrogen) atoms. The van der Waals surface area contributed by atoms with Gasteiger partial charge >= 0.3 is 0 Å². The molecule has 3 N–H and O–H groups in total. The first kappa shape index (κ1) is 17.0. The smallest absolute Gasteiger partial charge is 0.172 e. The van der Waals surface area contributed by atoms with Gasteiger partial charge in [0.25, 0.3) is 0 Å². The SMILES string of the molecule is CC.NC1CCC(c2[nH]nc(-c3cccc(Cl)c3)c2F)CC1. The summed E-state index contributed by atoms with van der Waals surface area (Å²) in [5.74, 6) is -0.0667. The monoisotopic (exact) mass is 323 g/mol. The van der Waals surface area contributed by atoms with Crippen LogP contribution < -0.4 is 5.73 Å². The van der Waals surface area contributed by atoms with Gasteiger partial charge in [0.05, 0.1) is 5.69 Å². The van der Waals surface area contributed by atoms with Gasteiger partial charge in [-0.25, -0.2) is 4.39 Å². The minimum absolute atomic E-state index is 0.190. The second-order valence-corrected chi connectivity index (χ2v) is 5.86. The molecular weight excluding hydrogens is 301 g/mol. The van der Waals surface area contributed by atoms with Crippen LogP contribution in [-0.4, -0.2) is 16.2 Å². The van der Waals surface area contributed by atoms with Gasteiger partial charge in [-0.2, -0.15) is 5.10 Å². The minimum Gasteiger partial charge on any atom is -0.328 e. The molecule has 0 unspecified atom stereocenters. The normalized spacial score (nSPS) is 21.1. The van der Waals surface area contributed by atoms with Gasteiger partial charge in [-0.3, -0.25) is 5.10 Å². The van der Waals surface area contributed by atoms with Gasteiger partial charge in [-0.15, -0.1) is 0 Å². The molecule has 5 heteroatoms. The number of H-pyrrole nitrogens is 1. The maximum Gasteiger partial charge on any atom is 0.172 e. The van der Waals surface area contributed by atoms with Crippen LogP contribution in [-0.2, 0) is 0 Å². The Labute approximate surface area is 136 Å². The van der Waals surface area contributed by atoms with Crippen molar-refractivity contribution >= 4 is 11.6 Å². The molecule has 3 rings (SSSR count). The van der Waals surface area contributed by atoms with Gasteiger partial charge in [0.2, 0.25) is 0 Å². The fourth-order valence-electron chi connectivity index (χ4n) is 2.85. The van der Waals surface area contributed by atoms with Crippen LogP contribution in [0.3, 0.4) is 0 Å². The predicted molar refractivity (Wildman–Crippen MR) is 89.5 cm³/mol. The van der Waals surface area contributed by atoms with Crippen LogP contribution in [0.2, 0.25) is 5.02 Å². The molecule has 1 heterocycles. The standard InChI is InChI=1S/C15H17ClFN3.C2H6/c16-11-3-1-2-10(8-11)15-13(17)14(19-20-15)9-4-6-12(18)7-5-9;1-2/h1-3,8-9,12H,4-7,18H2,(H,19,20);1-2H3. The Morgan fingerprint density at radius 3 is 2.55 bits per heavy atom. The molecule has 0 aliphatic heterocycles. The van der Waals surface area contributed by atoms with Gasteiger partial charge < -0.3 is 5.73 Å². The van der Waals surface area contributed by atoms with Crippen LogP contribution in [0.4, 0.5) is 4.39 Å². The summed E-state index contributed by atoms with van der Waals surface area (Å²) in [6.07, 6.45) is 3.70. The van der Waals surface area contributed by atoms with Gasteiger partial charge in [0.15, 0.2) is 5.82 Å². The number of benzene rings is 1. The van der Waals surface area contributed by atoms with Crippen molar-refractivity contribution in [2.45, 2.75) is 51.5 Å². The molecule has 0 radical (unpaired) electrons. The quantitative estimate of drug-likeness (QED) is 0.827. The van der Waals surface area contributed by atoms with Crippen molar-refractivity contribution in [1.82, 2.24) is 10.2 Å². The highest BCUT2D eigenvalue weighted by molar-refractivity contribution is 6.30. The molecule has 0 spiro atoms. The van der Waals surface area contributed by atoms with E-state index in [0.717, 1.165) is 25.7 Å². The first-order valence-corrected chi connectivity index (χ1v) is 8.28. The summed E-state index contributed by atoms with van der Waals surface area (Å²) >= 11 is 5.94. The van der Waals surface area contributed by atoms with Crippen molar-refractivity contribution in [3.8, 4) is 11.3 Å². The van der Waals surface area contributed by atoms with E-state index in [1.807, 2.05) is 19.9 Å². The first-order chi connectivity index (χ1) is 10.6. The summed E-state index contributed by atoms with van der Waals surface area (Å²) in [7, 11) is 0. The Hall–Kier alpha value is -1.39. The molecule has 1 saturated carbocycles. The van der Waals surface area contributed by atoms with Crippen LogP contribution >= 0.6 is 11.6 Å². The highest BCUT2D eigenvalue weighted by atomic mass is 35.5. The van der Waals surface area contributed by atoms with Gasteiger partial charge in [-0.05, 0) is 37.8 Å². The van der Waals surface area contributed by atoms with Crippen molar-refractivity contribution in [2.75, 3.05) is 0 Å². The van der Waals surface area contributed by atoms with Crippen molar-refractivity contribution < 1.29 is 4.39 Å². The van der Waals surface area contributed by atoms with Crippen LogP contribution in [0.15, 0.2) is 24.3 Å². The molecule has 1 aromatic heterocycles. The molecule has 0 saturated heterocycles. The maximum absolute atomic E-state index is 14.6. The number of nitrogens with two attached hydrogens (primary N) is 1. The molecule has 1 aliphatic carbocycles. The molecule has 3 nitrogen and oxygen atoms in total. The molecule has 1 fully saturated rings. The summed E-state index contributed by atoms with van der Waals surface area (Å²) in [6, 6.07) is 7.35. The zero-order chi connectivity index (χ0) is 16.1. The molecule has 1 aliphatic rings. The Morgan fingerprint density at radius 2 is 1.91 bits per heavy atom. The van der Waals surface area contributed by atoms with E-state index < -0.39 is 0 Å². The third kappa shape index (κ3) is 3.68. The average Bonchev–Trinajstić information content (AvgIpc) is 2.92. The number of rotatable bonds is 2. The highest BCUT2D eigenvalue weighted by Gasteiger charge is 2.26. The van der Waals surface area contributed by atoms with Crippen molar-refractivity contribution in [2.24, 2.45) is 5.73 Å². The van der Waals surface area contributed by atoms with Crippen molar-refractivity contribution in [3.05, 3.63) is 40.8 Å². The topological polar surface area (TPSA) is 54.7 Å². The van der Waals surface area contributed by atoms with E-state index in [0.29, 0.717) is 22.0 Å². The van der Waals surface area contributed by atoms with E-state index in [9.17, 15) is 4.39 Å². The molecule has 1 aromatic carbocycles. The van der Waals surface area contributed by atoms with Crippen LogP contribution in [0.1, 0.15) is 51.1 Å². The zero-order valence-corrected chi connectivity index (χ0v) is 13.8. The number of nitrogens with one attached hydrogen (secondary N) is 1. The average molecular weight is 324 g/mol. The number of hydrogen-bond donors (Lipinski definition) is 2. The third-order valence-electron chi connectivity index (χ3n) is 4.01. The van der Waals surface area contributed by atoms with Crippen LogP contribution in [0.5, 0.6) is 0 Å². The number of halogens is 2. The summed E-state index contributed by atoms with van der Waals surface area (Å²) < 4.78 is 14.6. The van der Waals surface area contributed by atoms with E-state index in [1.165, 1.54) is 0 Å². The second-order valence-electron chi connectivity index (χ2n) is 5.42. The number of aromatic nitrogens is 2. The van der Waals surface area contributed by atoms with Crippen LogP contribution in [0.25, 0.3) is 11.3 Å². The van der Waals surface area contributed by atoms with Crippen LogP contribution in [0, 0.1) is 5.82 Å². The Balaban J connectivity index is 0.000000847. The fraction of sp³-hybridized carbons (Fsp3) is 0.471. The lowest BCUT2D eigenvalue weighted by Crippen LogP contribution is -2.26. The van der Waals surface area contributed by atoms with Gasteiger partial charge in [-0.1, -0.05) is 37.6 Å². The van der Waals surface area contributed by atoms with E-state index in [-0.39, 0.29) is 17.8 Å². The fourth-order valence-corrected chi connectivity index (χ4v) is 3.04. The Morgan fingerprint density at radius 1 is 1.23 bits per heavy atom. The van der Waals surface area contributed by atoms with Crippen molar-refractivity contribution in [1.29, 1.82) is 0 Å². The van der Waals surface area contributed by atoms with E-state index in [2.05, 4.69) is 10.2 Å². The largest absolute Gasteiger partial charge is 0.328 e. The second kappa shape index (κ2) is 7.75. The molecule has 120 valence electrons. The lowest BCUT2D eigenvalue weighted by atomic mass is 9.84. The van der Waals surface area contributed by atoms with E-state index in [4.69, 9.17) is 17.3 Å². The molecule has 2 aromatic rings. The summed E-state index contributed by atoms with van der Waals surface area (Å²) in [4.78, 5) is 0. The summed E-state index contributed by atoms with van der Waals surface area (Å²) in [5.41, 5.74) is 7.54. The predicted octanol–water partition coefficient (Wildman–Crippen LogP) is 4.88. The summed E-state index contributed by atoms with van der Waals surface area (Å²) in [6.45, 7) is 4.00. The summed E-state index contributed by atoms with van der Waals surface area (Å²) in [5, 5.41) is 7.58. The number of aromatic amines is 1. The van der Waals surface area contributed by atoms with Crippen molar-refractivity contribution in [3.63, 3.8) is 0 Å². The highest BCUT2D eigenvalue weighted by Crippen LogP contribution is 2.35. The van der Waals surface area contributed by atoms with Gasteiger partial charge in [0, 0.05) is 22.5 Å². The molecule has 0 bridgehead atoms. The van der Waals surface area contributed by atoms with E-state index in [1.54, 1.807) is 18.2 Å². The lowest BCUT2D eigenvalue weighted by molar-refractivity contribution is 0.382. The molecular formula is C17H23ClFN3. The maximum atomic E-state index is 14.6. The first-order valence-electron chi connectivity index (χ1n) is 7.90. The third-order valence-corrected chi connectivity index (χ3v) is 4.25. The van der Waals surface area contributed by atoms with E-state index >= 15 is 0 Å². The lowest BCUT2D eigenvalue weighted by Gasteiger charge is -2.24. The Bertz CT molecular complexity index is 604. The molecule has 0 amide bonds.